The van der Waals surface area contributed by atoms with Gasteiger partial charge in [0.2, 0.25) is 5.91 Å². The van der Waals surface area contributed by atoms with Gasteiger partial charge in [0.05, 0.1) is 10.6 Å². The van der Waals surface area contributed by atoms with Crippen LogP contribution in [-0.4, -0.2) is 35.8 Å². The van der Waals surface area contributed by atoms with Crippen LogP contribution in [0.4, 0.5) is 0 Å². The molecule has 1 fully saturated rings. The predicted octanol–water partition coefficient (Wildman–Crippen LogP) is 3.50. The largest absolute Gasteiger partial charge is 0.341 e. The molecule has 1 unspecified atom stereocenters. The van der Waals surface area contributed by atoms with E-state index in [2.05, 4.69) is 5.32 Å². The number of benzene rings is 1. The zero-order valence-electron chi connectivity index (χ0n) is 13.8. The lowest BCUT2D eigenvalue weighted by atomic mass is 10.0. The number of halogens is 1. The first kappa shape index (κ1) is 17.8. The average molecular weight is 337 g/mol. The van der Waals surface area contributed by atoms with Crippen LogP contribution in [0.25, 0.3) is 0 Å². The van der Waals surface area contributed by atoms with E-state index in [0.29, 0.717) is 10.6 Å². The molecule has 1 aromatic carbocycles. The third kappa shape index (κ3) is 4.71. The molecule has 2 amide bonds. The maximum atomic E-state index is 12.8. The van der Waals surface area contributed by atoms with Crippen LogP contribution in [0, 0.1) is 5.92 Å². The lowest BCUT2D eigenvalue weighted by Gasteiger charge is -2.29. The van der Waals surface area contributed by atoms with Gasteiger partial charge in [-0.15, -0.1) is 0 Å². The SMILES string of the molecule is CC(C)C(NC(=O)c1ccccc1Cl)C(=O)N1CCCCCC1. The molecule has 0 radical (unpaired) electrons. The number of hydrogen-bond acceptors (Lipinski definition) is 2. The molecule has 1 atom stereocenters. The topological polar surface area (TPSA) is 49.4 Å². The molecule has 1 heterocycles. The second-order valence-corrected chi connectivity index (χ2v) is 6.82. The fourth-order valence-electron chi connectivity index (χ4n) is 2.87. The summed E-state index contributed by atoms with van der Waals surface area (Å²) in [6.45, 7) is 5.47. The molecule has 0 saturated carbocycles. The van der Waals surface area contributed by atoms with Gasteiger partial charge in [-0.25, -0.2) is 0 Å². The molecule has 1 N–H and O–H groups in total. The van der Waals surface area contributed by atoms with Gasteiger partial charge in [0, 0.05) is 13.1 Å². The van der Waals surface area contributed by atoms with Crippen molar-refractivity contribution in [1.29, 1.82) is 0 Å². The highest BCUT2D eigenvalue weighted by atomic mass is 35.5. The van der Waals surface area contributed by atoms with Crippen molar-refractivity contribution in [2.45, 2.75) is 45.6 Å². The maximum Gasteiger partial charge on any atom is 0.253 e. The van der Waals surface area contributed by atoms with Gasteiger partial charge in [0.1, 0.15) is 6.04 Å². The molecule has 4 nitrogen and oxygen atoms in total. The molecule has 0 aromatic heterocycles. The van der Waals surface area contributed by atoms with Crippen molar-refractivity contribution in [2.75, 3.05) is 13.1 Å². The van der Waals surface area contributed by atoms with Crippen LogP contribution in [0.15, 0.2) is 24.3 Å². The molecule has 1 aromatic rings. The third-order valence-electron chi connectivity index (χ3n) is 4.26. The lowest BCUT2D eigenvalue weighted by molar-refractivity contribution is -0.134. The summed E-state index contributed by atoms with van der Waals surface area (Å²) in [5.41, 5.74) is 0.406. The Morgan fingerprint density at radius 2 is 1.70 bits per heavy atom. The van der Waals surface area contributed by atoms with Crippen molar-refractivity contribution in [3.63, 3.8) is 0 Å². The Balaban J connectivity index is 2.10. The summed E-state index contributed by atoms with van der Waals surface area (Å²) in [5, 5.41) is 3.27. The van der Waals surface area contributed by atoms with Crippen LogP contribution < -0.4 is 5.32 Å². The highest BCUT2D eigenvalue weighted by molar-refractivity contribution is 6.33. The summed E-state index contributed by atoms with van der Waals surface area (Å²) in [5.74, 6) is -0.253. The number of hydrogen-bond donors (Lipinski definition) is 1. The highest BCUT2D eigenvalue weighted by Crippen LogP contribution is 2.17. The van der Waals surface area contributed by atoms with Gasteiger partial charge in [0.25, 0.3) is 5.91 Å². The van der Waals surface area contributed by atoms with Crippen LogP contribution in [0.5, 0.6) is 0 Å². The Labute approximate surface area is 143 Å². The van der Waals surface area contributed by atoms with Crippen LogP contribution in [0.3, 0.4) is 0 Å². The van der Waals surface area contributed by atoms with Crippen molar-refractivity contribution in [1.82, 2.24) is 10.2 Å². The first-order valence-electron chi connectivity index (χ1n) is 8.35. The molecular weight excluding hydrogens is 312 g/mol. The van der Waals surface area contributed by atoms with Crippen molar-refractivity contribution in [2.24, 2.45) is 5.92 Å². The maximum absolute atomic E-state index is 12.8. The number of nitrogens with one attached hydrogen (secondary N) is 1. The van der Waals surface area contributed by atoms with Crippen LogP contribution in [0.2, 0.25) is 5.02 Å². The van der Waals surface area contributed by atoms with E-state index in [0.717, 1.165) is 25.9 Å². The normalized spacial score (nSPS) is 16.8. The van der Waals surface area contributed by atoms with Gasteiger partial charge in [-0.1, -0.05) is 50.4 Å². The van der Waals surface area contributed by atoms with Crippen molar-refractivity contribution in [3.05, 3.63) is 34.9 Å². The van der Waals surface area contributed by atoms with Gasteiger partial charge >= 0.3 is 0 Å². The monoisotopic (exact) mass is 336 g/mol. The fourth-order valence-corrected chi connectivity index (χ4v) is 3.09. The number of rotatable bonds is 4. The zero-order chi connectivity index (χ0) is 16.8. The number of nitrogens with zero attached hydrogens (tertiary/aromatic N) is 1. The minimum atomic E-state index is -0.517. The summed E-state index contributed by atoms with van der Waals surface area (Å²) in [6, 6.07) is 6.38. The Kier molecular flexibility index (Phi) is 6.46. The van der Waals surface area contributed by atoms with E-state index in [1.54, 1.807) is 24.3 Å². The van der Waals surface area contributed by atoms with E-state index in [1.807, 2.05) is 18.7 Å². The summed E-state index contributed by atoms with van der Waals surface area (Å²) < 4.78 is 0. The minimum Gasteiger partial charge on any atom is -0.341 e. The van der Waals surface area contributed by atoms with Crippen LogP contribution in [0.1, 0.15) is 49.9 Å². The highest BCUT2D eigenvalue weighted by Gasteiger charge is 2.29. The molecule has 1 aliphatic heterocycles. The van der Waals surface area contributed by atoms with Gasteiger partial charge in [0.15, 0.2) is 0 Å². The number of likely N-dealkylation sites (tertiary alicyclic amines) is 1. The molecule has 0 aliphatic carbocycles. The van der Waals surface area contributed by atoms with E-state index >= 15 is 0 Å². The van der Waals surface area contributed by atoms with Crippen molar-refractivity contribution >= 4 is 23.4 Å². The molecule has 1 saturated heterocycles. The predicted molar refractivity (Wildman–Crippen MR) is 92.6 cm³/mol. The van der Waals surface area contributed by atoms with Gasteiger partial charge in [-0.3, -0.25) is 9.59 Å². The summed E-state index contributed by atoms with van der Waals surface area (Å²) in [6.07, 6.45) is 4.41. The molecular formula is C18H25ClN2O2. The first-order chi connectivity index (χ1) is 11.0. The van der Waals surface area contributed by atoms with E-state index < -0.39 is 6.04 Å². The van der Waals surface area contributed by atoms with Crippen molar-refractivity contribution in [3.8, 4) is 0 Å². The number of carbonyl (C=O) groups excluding carboxylic acids is 2. The molecule has 0 bridgehead atoms. The Hall–Kier alpha value is -1.55. The Morgan fingerprint density at radius 3 is 2.26 bits per heavy atom. The van der Waals surface area contributed by atoms with E-state index in [1.165, 1.54) is 12.8 Å². The van der Waals surface area contributed by atoms with Gasteiger partial charge < -0.3 is 10.2 Å². The molecule has 5 heteroatoms. The van der Waals surface area contributed by atoms with E-state index in [-0.39, 0.29) is 17.7 Å². The standard InChI is InChI=1S/C18H25ClN2O2/c1-13(2)16(18(23)21-11-7-3-4-8-12-21)20-17(22)14-9-5-6-10-15(14)19/h5-6,9-10,13,16H,3-4,7-8,11-12H2,1-2H3,(H,20,22). The second-order valence-electron chi connectivity index (χ2n) is 6.41. The number of carbonyl (C=O) groups is 2. The van der Waals surface area contributed by atoms with Crippen molar-refractivity contribution < 1.29 is 9.59 Å². The number of amides is 2. The Morgan fingerprint density at radius 1 is 1.09 bits per heavy atom. The summed E-state index contributed by atoms with van der Waals surface area (Å²) >= 11 is 6.08. The van der Waals surface area contributed by atoms with Crippen LogP contribution >= 0.6 is 11.6 Å². The van der Waals surface area contributed by atoms with E-state index in [9.17, 15) is 9.59 Å². The van der Waals surface area contributed by atoms with Crippen LogP contribution in [-0.2, 0) is 4.79 Å². The van der Waals surface area contributed by atoms with Gasteiger partial charge in [-0.2, -0.15) is 0 Å². The second kappa shape index (κ2) is 8.34. The minimum absolute atomic E-state index is 0.0160. The smallest absolute Gasteiger partial charge is 0.253 e. The Bertz CT molecular complexity index is 552. The molecule has 0 spiro atoms. The lowest BCUT2D eigenvalue weighted by Crippen LogP contribution is -2.51. The molecule has 2 rings (SSSR count). The quantitative estimate of drug-likeness (QED) is 0.914. The third-order valence-corrected chi connectivity index (χ3v) is 4.59. The average Bonchev–Trinajstić information content (AvgIpc) is 2.81. The zero-order valence-corrected chi connectivity index (χ0v) is 14.6. The molecule has 1 aliphatic rings. The first-order valence-corrected chi connectivity index (χ1v) is 8.72. The summed E-state index contributed by atoms with van der Waals surface area (Å²) in [4.78, 5) is 27.2. The molecule has 126 valence electrons. The fraction of sp³-hybridized carbons (Fsp3) is 0.556. The van der Waals surface area contributed by atoms with Gasteiger partial charge in [-0.05, 0) is 30.9 Å². The van der Waals surface area contributed by atoms with E-state index in [4.69, 9.17) is 11.6 Å². The summed E-state index contributed by atoms with van der Waals surface area (Å²) in [7, 11) is 0. The molecule has 23 heavy (non-hydrogen) atoms.